The summed E-state index contributed by atoms with van der Waals surface area (Å²) < 4.78 is 1.72. The molecule has 0 saturated carbocycles. The zero-order chi connectivity index (χ0) is 13.1. The van der Waals surface area contributed by atoms with Crippen molar-refractivity contribution in [3.05, 3.63) is 54.1 Å². The van der Waals surface area contributed by atoms with Gasteiger partial charge in [0.15, 0.2) is 6.04 Å². The van der Waals surface area contributed by atoms with Crippen molar-refractivity contribution in [2.24, 2.45) is 0 Å². The van der Waals surface area contributed by atoms with Gasteiger partial charge in [-0.2, -0.15) is 0 Å². The molecule has 4 nitrogen and oxygen atoms in total. The largest absolute Gasteiger partial charge is 0.479 e. The zero-order valence-electron chi connectivity index (χ0n) is 10.4. The van der Waals surface area contributed by atoms with Crippen LogP contribution in [0.3, 0.4) is 0 Å². The second kappa shape index (κ2) is 5.04. The number of aromatic nitrogens is 2. The summed E-state index contributed by atoms with van der Waals surface area (Å²) in [6.45, 7) is 4.01. The second-order valence-electron chi connectivity index (χ2n) is 4.50. The molecule has 0 radical (unpaired) electrons. The lowest BCUT2D eigenvalue weighted by Gasteiger charge is -2.18. The molecule has 1 aromatic carbocycles. The number of carbonyl (C=O) groups is 1. The maximum absolute atomic E-state index is 11.5. The Morgan fingerprint density at radius 2 is 1.94 bits per heavy atom. The van der Waals surface area contributed by atoms with Gasteiger partial charge in [-0.25, -0.2) is 9.78 Å². The predicted octanol–water partition coefficient (Wildman–Crippen LogP) is 2.68. The Balaban J connectivity index is 2.49. The molecule has 0 amide bonds. The molecule has 0 bridgehead atoms. The number of benzene rings is 1. The molecule has 1 heterocycles. The van der Waals surface area contributed by atoms with Gasteiger partial charge < -0.3 is 9.67 Å². The highest BCUT2D eigenvalue weighted by Crippen LogP contribution is 2.23. The highest BCUT2D eigenvalue weighted by molar-refractivity contribution is 5.76. The van der Waals surface area contributed by atoms with Crippen molar-refractivity contribution in [3.8, 4) is 0 Å². The van der Waals surface area contributed by atoms with E-state index >= 15 is 0 Å². The Morgan fingerprint density at radius 3 is 2.50 bits per heavy atom. The highest BCUT2D eigenvalue weighted by Gasteiger charge is 2.24. The molecule has 4 heteroatoms. The summed E-state index contributed by atoms with van der Waals surface area (Å²) in [7, 11) is 0. The van der Waals surface area contributed by atoms with E-state index in [2.05, 4.69) is 4.98 Å². The summed E-state index contributed by atoms with van der Waals surface area (Å²) in [5.74, 6) is 0.0953. The van der Waals surface area contributed by atoms with Crippen LogP contribution in [0.25, 0.3) is 0 Å². The number of carboxylic acid groups (broad SMARTS) is 1. The summed E-state index contributed by atoms with van der Waals surface area (Å²) in [5, 5.41) is 9.46. The molecule has 18 heavy (non-hydrogen) atoms. The lowest BCUT2D eigenvalue weighted by Crippen LogP contribution is -2.22. The minimum atomic E-state index is -0.874. The number of imidazole rings is 1. The fraction of sp³-hybridized carbons (Fsp3) is 0.286. The first kappa shape index (κ1) is 12.4. The molecule has 1 unspecified atom stereocenters. The van der Waals surface area contributed by atoms with E-state index in [-0.39, 0.29) is 5.92 Å². The van der Waals surface area contributed by atoms with Crippen LogP contribution in [-0.2, 0) is 4.79 Å². The van der Waals surface area contributed by atoms with Gasteiger partial charge in [-0.15, -0.1) is 0 Å². The molecule has 2 rings (SSSR count). The van der Waals surface area contributed by atoms with Gasteiger partial charge in [0.2, 0.25) is 0 Å². The zero-order valence-corrected chi connectivity index (χ0v) is 10.4. The van der Waals surface area contributed by atoms with Crippen LogP contribution >= 0.6 is 0 Å². The fourth-order valence-corrected chi connectivity index (χ4v) is 2.05. The average molecular weight is 244 g/mol. The molecule has 0 aliphatic heterocycles. The third kappa shape index (κ3) is 2.27. The minimum absolute atomic E-state index is 0.186. The van der Waals surface area contributed by atoms with Gasteiger partial charge in [-0.05, 0) is 5.56 Å². The molecular formula is C14H16N2O2. The Morgan fingerprint density at radius 1 is 1.28 bits per heavy atom. The van der Waals surface area contributed by atoms with E-state index in [9.17, 15) is 9.90 Å². The lowest BCUT2D eigenvalue weighted by molar-refractivity contribution is -0.139. The SMILES string of the molecule is CC(C)c1nccn1C(C(=O)O)c1ccccc1. The number of aliphatic carboxylic acids is 1. The Kier molecular flexibility index (Phi) is 3.46. The van der Waals surface area contributed by atoms with Crippen molar-refractivity contribution in [1.29, 1.82) is 0 Å². The maximum Gasteiger partial charge on any atom is 0.331 e. The predicted molar refractivity (Wildman–Crippen MR) is 68.5 cm³/mol. The number of carboxylic acids is 1. The molecule has 1 atom stereocenters. The number of nitrogens with zero attached hydrogens (tertiary/aromatic N) is 2. The Bertz CT molecular complexity index is 532. The van der Waals surface area contributed by atoms with E-state index < -0.39 is 12.0 Å². The number of hydrogen-bond acceptors (Lipinski definition) is 2. The number of rotatable bonds is 4. The van der Waals surface area contributed by atoms with Crippen molar-refractivity contribution in [3.63, 3.8) is 0 Å². The first-order valence-electron chi connectivity index (χ1n) is 5.91. The maximum atomic E-state index is 11.5. The molecule has 1 N–H and O–H groups in total. The smallest absolute Gasteiger partial charge is 0.331 e. The van der Waals surface area contributed by atoms with E-state index in [4.69, 9.17) is 0 Å². The van der Waals surface area contributed by atoms with Crippen LogP contribution in [0, 0.1) is 0 Å². The van der Waals surface area contributed by atoms with Crippen LogP contribution in [0.2, 0.25) is 0 Å². The van der Waals surface area contributed by atoms with Crippen LogP contribution in [-0.4, -0.2) is 20.6 Å². The molecule has 0 aliphatic carbocycles. The fourth-order valence-electron chi connectivity index (χ4n) is 2.05. The minimum Gasteiger partial charge on any atom is -0.479 e. The summed E-state index contributed by atoms with van der Waals surface area (Å²) >= 11 is 0. The Hall–Kier alpha value is -2.10. The van der Waals surface area contributed by atoms with Crippen molar-refractivity contribution in [2.45, 2.75) is 25.8 Å². The van der Waals surface area contributed by atoms with E-state index in [0.29, 0.717) is 0 Å². The van der Waals surface area contributed by atoms with Gasteiger partial charge in [0.05, 0.1) is 0 Å². The van der Waals surface area contributed by atoms with E-state index in [0.717, 1.165) is 11.4 Å². The van der Waals surface area contributed by atoms with Gasteiger partial charge in [0, 0.05) is 18.3 Å². The monoisotopic (exact) mass is 244 g/mol. The van der Waals surface area contributed by atoms with Crippen LogP contribution in [0.4, 0.5) is 0 Å². The van der Waals surface area contributed by atoms with Crippen molar-refractivity contribution in [1.82, 2.24) is 9.55 Å². The average Bonchev–Trinajstić information content (AvgIpc) is 2.79. The van der Waals surface area contributed by atoms with Crippen LogP contribution in [0.1, 0.15) is 37.2 Å². The topological polar surface area (TPSA) is 55.1 Å². The van der Waals surface area contributed by atoms with Gasteiger partial charge >= 0.3 is 5.97 Å². The third-order valence-corrected chi connectivity index (χ3v) is 2.84. The van der Waals surface area contributed by atoms with Crippen molar-refractivity contribution < 1.29 is 9.90 Å². The van der Waals surface area contributed by atoms with E-state index in [1.165, 1.54) is 0 Å². The summed E-state index contributed by atoms with van der Waals surface area (Å²) in [4.78, 5) is 15.8. The van der Waals surface area contributed by atoms with E-state index in [1.54, 1.807) is 17.0 Å². The summed E-state index contributed by atoms with van der Waals surface area (Å²) in [6.07, 6.45) is 3.37. The first-order valence-corrected chi connectivity index (χ1v) is 5.91. The summed E-state index contributed by atoms with van der Waals surface area (Å²) in [6, 6.07) is 8.49. The third-order valence-electron chi connectivity index (χ3n) is 2.84. The highest BCUT2D eigenvalue weighted by atomic mass is 16.4. The molecule has 0 fully saturated rings. The van der Waals surface area contributed by atoms with Gasteiger partial charge in [0.25, 0.3) is 0 Å². The molecule has 0 spiro atoms. The lowest BCUT2D eigenvalue weighted by atomic mass is 10.1. The van der Waals surface area contributed by atoms with Crippen LogP contribution in [0.15, 0.2) is 42.7 Å². The summed E-state index contributed by atoms with van der Waals surface area (Å²) in [5.41, 5.74) is 0.755. The van der Waals surface area contributed by atoms with Crippen molar-refractivity contribution >= 4 is 5.97 Å². The quantitative estimate of drug-likeness (QED) is 0.899. The number of hydrogen-bond donors (Lipinski definition) is 1. The van der Waals surface area contributed by atoms with Gasteiger partial charge in [-0.1, -0.05) is 44.2 Å². The molecule has 94 valence electrons. The molecular weight excluding hydrogens is 228 g/mol. The Labute approximate surface area is 106 Å². The van der Waals surface area contributed by atoms with Crippen LogP contribution < -0.4 is 0 Å². The van der Waals surface area contributed by atoms with Crippen molar-refractivity contribution in [2.75, 3.05) is 0 Å². The first-order chi connectivity index (χ1) is 8.61. The normalized spacial score (nSPS) is 12.6. The molecule has 0 saturated heterocycles. The standard InChI is InChI=1S/C14H16N2O2/c1-10(2)13-15-8-9-16(13)12(14(17)18)11-6-4-3-5-7-11/h3-10,12H,1-2H3,(H,17,18). The molecule has 0 aliphatic rings. The van der Waals surface area contributed by atoms with Gasteiger partial charge in [-0.3, -0.25) is 0 Å². The van der Waals surface area contributed by atoms with Gasteiger partial charge in [0.1, 0.15) is 5.82 Å². The van der Waals surface area contributed by atoms with Crippen LogP contribution in [0.5, 0.6) is 0 Å². The molecule has 2 aromatic rings. The molecule has 1 aromatic heterocycles. The second-order valence-corrected chi connectivity index (χ2v) is 4.50. The van der Waals surface area contributed by atoms with E-state index in [1.807, 2.05) is 44.2 Å².